The Morgan fingerprint density at radius 3 is 1.50 bits per heavy atom. The Morgan fingerprint density at radius 2 is 1.31 bits per heavy atom. The van der Waals surface area contributed by atoms with E-state index in [2.05, 4.69) is 48.8 Å². The zero-order chi connectivity index (χ0) is 13.1. The Balaban J connectivity index is 0. The summed E-state index contributed by atoms with van der Waals surface area (Å²) in [5, 5.41) is 4.23. The van der Waals surface area contributed by atoms with Crippen LogP contribution in [0.1, 0.15) is 41.5 Å². The van der Waals surface area contributed by atoms with Crippen molar-refractivity contribution in [1.29, 1.82) is 5.53 Å². The zero-order valence-electron chi connectivity index (χ0n) is 11.2. The standard InChI is InChI=1S/C7H18N4.C2H6.HN3/c1-6(2)10-8-5-9-11(10)7(3)4;1-2;1-3-2/h6-9H,5H2,1-4H3;1-2H3;1H. The molecule has 0 aromatic carbocycles. The predicted octanol–water partition coefficient (Wildman–Crippen LogP) is 2.20. The third-order valence-corrected chi connectivity index (χ3v) is 1.69. The summed E-state index contributed by atoms with van der Waals surface area (Å²) in [6.07, 6.45) is 0. The van der Waals surface area contributed by atoms with E-state index < -0.39 is 0 Å². The normalized spacial score (nSPS) is 16.2. The summed E-state index contributed by atoms with van der Waals surface area (Å²) < 4.78 is 0. The molecule has 0 aromatic heterocycles. The van der Waals surface area contributed by atoms with Crippen LogP contribution in [0.2, 0.25) is 0 Å². The highest BCUT2D eigenvalue weighted by Crippen LogP contribution is 2.05. The van der Waals surface area contributed by atoms with Gasteiger partial charge >= 0.3 is 0 Å². The number of hydrogen-bond donors (Lipinski definition) is 3. The summed E-state index contributed by atoms with van der Waals surface area (Å²) in [6, 6.07) is 0.986. The molecule has 0 bridgehead atoms. The van der Waals surface area contributed by atoms with Gasteiger partial charge in [-0.3, -0.25) is 0 Å². The molecule has 0 aromatic rings. The fourth-order valence-corrected chi connectivity index (χ4v) is 1.21. The van der Waals surface area contributed by atoms with Crippen molar-refractivity contribution in [2.75, 3.05) is 6.67 Å². The van der Waals surface area contributed by atoms with Crippen LogP contribution >= 0.6 is 0 Å². The molecule has 1 rings (SSSR count). The van der Waals surface area contributed by atoms with E-state index in [9.17, 15) is 0 Å². The van der Waals surface area contributed by atoms with Crippen molar-refractivity contribution in [2.24, 2.45) is 0 Å². The second kappa shape index (κ2) is 10.7. The molecule has 1 saturated heterocycles. The third-order valence-electron chi connectivity index (χ3n) is 1.69. The van der Waals surface area contributed by atoms with Crippen LogP contribution < -0.4 is 10.9 Å². The number of nitrogens with zero attached hydrogens (tertiary/aromatic N) is 4. The van der Waals surface area contributed by atoms with Crippen LogP contribution in [0.4, 0.5) is 0 Å². The summed E-state index contributed by atoms with van der Waals surface area (Å²) in [5.74, 6) is 0. The molecule has 1 fully saturated rings. The first-order valence-electron chi connectivity index (χ1n) is 5.60. The minimum Gasteiger partial charge on any atom is -0.225 e. The molecule has 0 spiro atoms. The molecule has 0 radical (unpaired) electrons. The van der Waals surface area contributed by atoms with E-state index in [1.54, 1.807) is 4.91 Å². The van der Waals surface area contributed by atoms with E-state index in [0.717, 1.165) is 6.67 Å². The lowest BCUT2D eigenvalue weighted by atomic mass is 10.4. The summed E-state index contributed by atoms with van der Waals surface area (Å²) in [6.45, 7) is 13.5. The third kappa shape index (κ3) is 6.60. The lowest BCUT2D eigenvalue weighted by Gasteiger charge is -2.32. The molecule has 0 saturated carbocycles. The van der Waals surface area contributed by atoms with E-state index in [4.69, 9.17) is 11.1 Å². The summed E-state index contributed by atoms with van der Waals surface area (Å²) >= 11 is 0. The first-order valence-corrected chi connectivity index (χ1v) is 5.60. The predicted molar refractivity (Wildman–Crippen MR) is 65.9 cm³/mol. The number of hydrazine groups is 3. The highest BCUT2D eigenvalue weighted by molar-refractivity contribution is 4.63. The van der Waals surface area contributed by atoms with Gasteiger partial charge < -0.3 is 0 Å². The van der Waals surface area contributed by atoms with Crippen LogP contribution in [0.5, 0.6) is 0 Å². The average Bonchev–Trinajstić information content (AvgIpc) is 2.70. The average molecular weight is 231 g/mol. The Bertz CT molecular complexity index is 172. The monoisotopic (exact) mass is 231 g/mol. The molecule has 0 aliphatic carbocycles. The summed E-state index contributed by atoms with van der Waals surface area (Å²) in [7, 11) is 0. The molecule has 7 nitrogen and oxygen atoms in total. The Hall–Kier alpha value is -0.850. The SMILES string of the molecule is CC.CC(C)N1NCNN1C(C)C.[N-]=[N+]=N. The lowest BCUT2D eigenvalue weighted by Crippen LogP contribution is -2.51. The van der Waals surface area contributed by atoms with E-state index in [1.165, 1.54) is 0 Å². The van der Waals surface area contributed by atoms with Gasteiger partial charge in [-0.05, 0) is 38.1 Å². The van der Waals surface area contributed by atoms with E-state index in [-0.39, 0.29) is 0 Å². The molecular weight excluding hydrogens is 206 g/mol. The van der Waals surface area contributed by atoms with Gasteiger partial charge in [0.2, 0.25) is 0 Å². The maximum absolute atomic E-state index is 6.86. The van der Waals surface area contributed by atoms with Crippen molar-refractivity contribution in [3.8, 4) is 0 Å². The smallest absolute Gasteiger partial charge is 0.0753 e. The van der Waals surface area contributed by atoms with Crippen molar-refractivity contribution in [1.82, 2.24) is 21.1 Å². The van der Waals surface area contributed by atoms with Crippen LogP contribution in [0.3, 0.4) is 0 Å². The molecule has 0 amide bonds. The van der Waals surface area contributed by atoms with E-state index in [0.29, 0.717) is 12.1 Å². The largest absolute Gasteiger partial charge is 0.225 e. The topological polar surface area (TPSA) is 90.8 Å². The van der Waals surface area contributed by atoms with Crippen molar-refractivity contribution < 1.29 is 0 Å². The second-order valence-corrected chi connectivity index (χ2v) is 3.47. The Kier molecular flexibility index (Phi) is 11.7. The highest BCUT2D eigenvalue weighted by atomic mass is 16.0. The maximum atomic E-state index is 6.86. The quantitative estimate of drug-likeness (QED) is 0.386. The van der Waals surface area contributed by atoms with Crippen LogP contribution in [0.25, 0.3) is 10.4 Å². The Morgan fingerprint density at radius 1 is 1.06 bits per heavy atom. The van der Waals surface area contributed by atoms with Gasteiger partial charge in [-0.15, -0.1) is 5.53 Å². The highest BCUT2D eigenvalue weighted by Gasteiger charge is 2.25. The summed E-state index contributed by atoms with van der Waals surface area (Å²) in [4.78, 5) is 1.75. The molecule has 7 heteroatoms. The molecule has 16 heavy (non-hydrogen) atoms. The number of rotatable bonds is 2. The molecule has 3 N–H and O–H groups in total. The van der Waals surface area contributed by atoms with E-state index in [1.807, 2.05) is 13.8 Å². The maximum Gasteiger partial charge on any atom is 0.0753 e. The second-order valence-electron chi connectivity index (χ2n) is 3.47. The molecule has 0 unspecified atom stereocenters. The van der Waals surface area contributed by atoms with E-state index >= 15 is 0 Å². The summed E-state index contributed by atoms with van der Waals surface area (Å²) in [5.41, 5.74) is 18.7. The fourth-order valence-electron chi connectivity index (χ4n) is 1.21. The minimum absolute atomic E-state index is 0.493. The van der Waals surface area contributed by atoms with Gasteiger partial charge in [0, 0.05) is 12.1 Å². The first kappa shape index (κ1) is 17.5. The molecular formula is C9H25N7. The van der Waals surface area contributed by atoms with Gasteiger partial charge in [0.1, 0.15) is 0 Å². The van der Waals surface area contributed by atoms with Crippen LogP contribution in [0.15, 0.2) is 0 Å². The van der Waals surface area contributed by atoms with Crippen LogP contribution in [0, 0.1) is 5.53 Å². The number of hydrogen-bond acceptors (Lipinski definition) is 5. The van der Waals surface area contributed by atoms with Crippen LogP contribution in [-0.2, 0) is 0 Å². The molecule has 0 atom stereocenters. The van der Waals surface area contributed by atoms with Crippen molar-refractivity contribution in [3.63, 3.8) is 0 Å². The molecule has 96 valence electrons. The minimum atomic E-state index is 0.493. The Labute approximate surface area is 98.1 Å². The fraction of sp³-hybridized carbons (Fsp3) is 1.00. The van der Waals surface area contributed by atoms with Gasteiger partial charge in [-0.25, -0.2) is 10.9 Å². The van der Waals surface area contributed by atoms with Crippen molar-refractivity contribution in [2.45, 2.75) is 53.6 Å². The molecule has 1 aliphatic rings. The first-order chi connectivity index (χ1) is 7.54. The van der Waals surface area contributed by atoms with Gasteiger partial charge in [-0.2, -0.15) is 10.2 Å². The van der Waals surface area contributed by atoms with Crippen LogP contribution in [-0.4, -0.2) is 29.0 Å². The molecule has 1 aliphatic heterocycles. The van der Waals surface area contributed by atoms with Gasteiger partial charge in [0.25, 0.3) is 0 Å². The van der Waals surface area contributed by atoms with Gasteiger partial charge in [0.05, 0.1) is 6.67 Å². The molecule has 1 heterocycles. The zero-order valence-corrected chi connectivity index (χ0v) is 11.2. The van der Waals surface area contributed by atoms with Gasteiger partial charge in [-0.1, -0.05) is 13.8 Å². The van der Waals surface area contributed by atoms with Crippen molar-refractivity contribution in [3.05, 3.63) is 10.4 Å². The lowest BCUT2D eigenvalue weighted by molar-refractivity contribution is -0.0894. The van der Waals surface area contributed by atoms with Crippen molar-refractivity contribution >= 4 is 0 Å². The van der Waals surface area contributed by atoms with Gasteiger partial charge in [0.15, 0.2) is 0 Å². The number of nitrogens with one attached hydrogen (secondary N) is 3.